The molecule has 198 valence electrons. The Hall–Kier alpha value is -2.61. The van der Waals surface area contributed by atoms with E-state index in [1.54, 1.807) is 17.2 Å². The van der Waals surface area contributed by atoms with Gasteiger partial charge in [0, 0.05) is 24.6 Å². The van der Waals surface area contributed by atoms with Gasteiger partial charge in [0.05, 0.1) is 32.1 Å². The lowest BCUT2D eigenvalue weighted by molar-refractivity contribution is -0.182. The molecule has 0 bridgehead atoms. The fraction of sp³-hybridized carbons (Fsp3) is 0.679. The number of carbonyl (C=O) groups excluding carboxylic acids is 3. The minimum Gasteiger partial charge on any atom is -0.468 e. The third kappa shape index (κ3) is 5.24. The van der Waals surface area contributed by atoms with Gasteiger partial charge in [0.25, 0.3) is 0 Å². The summed E-state index contributed by atoms with van der Waals surface area (Å²) in [5.74, 6) is 0.0292. The van der Waals surface area contributed by atoms with Crippen molar-refractivity contribution in [3.05, 3.63) is 35.9 Å². The van der Waals surface area contributed by atoms with E-state index in [9.17, 15) is 14.4 Å². The molecule has 0 unspecified atom stereocenters. The first-order chi connectivity index (χ1) is 17.2. The molecule has 36 heavy (non-hydrogen) atoms. The van der Waals surface area contributed by atoms with Crippen LogP contribution in [0, 0.1) is 29.1 Å². The van der Waals surface area contributed by atoms with E-state index in [0.29, 0.717) is 23.9 Å². The van der Waals surface area contributed by atoms with Crippen molar-refractivity contribution < 1.29 is 28.3 Å². The van der Waals surface area contributed by atoms with Gasteiger partial charge in [0.2, 0.25) is 11.8 Å². The highest BCUT2D eigenvalue weighted by Crippen LogP contribution is 2.56. The Morgan fingerprint density at radius 2 is 2.00 bits per heavy atom. The molecule has 4 atom stereocenters. The van der Waals surface area contributed by atoms with Crippen molar-refractivity contribution in [2.24, 2.45) is 29.1 Å². The lowest BCUT2D eigenvalue weighted by Crippen LogP contribution is -2.61. The number of esters is 1. The molecule has 8 nitrogen and oxygen atoms in total. The summed E-state index contributed by atoms with van der Waals surface area (Å²) in [6.45, 7) is 9.09. The fourth-order valence-electron chi connectivity index (χ4n) is 5.57. The second-order valence-corrected chi connectivity index (χ2v) is 11.3. The molecule has 2 amide bonds. The Balaban J connectivity index is 1.74. The van der Waals surface area contributed by atoms with Crippen LogP contribution in [0.15, 0.2) is 34.6 Å². The van der Waals surface area contributed by atoms with Crippen LogP contribution in [0.25, 0.3) is 0 Å². The molecule has 1 saturated heterocycles. The number of furan rings is 1. The number of amides is 2. The van der Waals surface area contributed by atoms with Crippen LogP contribution >= 0.6 is 0 Å². The van der Waals surface area contributed by atoms with Crippen LogP contribution in [0.5, 0.6) is 0 Å². The Labute approximate surface area is 213 Å². The summed E-state index contributed by atoms with van der Waals surface area (Å²) in [5.41, 5.74) is -0.515. The van der Waals surface area contributed by atoms with E-state index >= 15 is 0 Å². The molecule has 1 N–H and O–H groups in total. The second kappa shape index (κ2) is 10.8. The van der Waals surface area contributed by atoms with Crippen LogP contribution in [0.2, 0.25) is 0 Å². The van der Waals surface area contributed by atoms with Gasteiger partial charge in [0.1, 0.15) is 11.2 Å². The molecule has 1 saturated carbocycles. The topological polar surface area (TPSA) is 98.1 Å². The SMILES string of the molecule is COC(=O)[C@@]12C[C@H](CC(=O)NCCC(C)C)C(=O)N(Cc3ccco3)C1=C[C@@H](C(C)C)O[C@H]2C1CC1. The van der Waals surface area contributed by atoms with Gasteiger partial charge in [-0.25, -0.2) is 0 Å². The maximum Gasteiger partial charge on any atom is 0.320 e. The van der Waals surface area contributed by atoms with Gasteiger partial charge in [-0.05, 0) is 61.6 Å². The van der Waals surface area contributed by atoms with E-state index in [2.05, 4.69) is 33.0 Å². The lowest BCUT2D eigenvalue weighted by atomic mass is 9.64. The molecule has 0 aromatic carbocycles. The number of likely N-dealkylation sites (tertiary alicyclic amines) is 1. The van der Waals surface area contributed by atoms with E-state index in [1.165, 1.54) is 7.11 Å². The number of nitrogens with one attached hydrogen (secondary N) is 1. The minimum atomic E-state index is -1.15. The van der Waals surface area contributed by atoms with Gasteiger partial charge in [-0.2, -0.15) is 0 Å². The van der Waals surface area contributed by atoms with Crippen LogP contribution in [-0.4, -0.2) is 48.5 Å². The summed E-state index contributed by atoms with van der Waals surface area (Å²) >= 11 is 0. The average molecular weight is 501 g/mol. The number of hydrogen-bond acceptors (Lipinski definition) is 6. The maximum atomic E-state index is 13.9. The summed E-state index contributed by atoms with van der Waals surface area (Å²) in [7, 11) is 1.38. The van der Waals surface area contributed by atoms with Gasteiger partial charge < -0.3 is 24.1 Å². The summed E-state index contributed by atoms with van der Waals surface area (Å²) < 4.78 is 17.6. The van der Waals surface area contributed by atoms with Crippen LogP contribution in [0.1, 0.15) is 65.6 Å². The number of piperidine rings is 1. The number of ether oxygens (including phenoxy) is 2. The Morgan fingerprint density at radius 3 is 2.58 bits per heavy atom. The molecule has 3 aliphatic rings. The first-order valence-electron chi connectivity index (χ1n) is 13.2. The highest BCUT2D eigenvalue weighted by Gasteiger charge is 2.63. The molecule has 8 heteroatoms. The summed E-state index contributed by atoms with van der Waals surface area (Å²) in [6.07, 6.45) is 5.87. The summed E-state index contributed by atoms with van der Waals surface area (Å²) in [5, 5.41) is 2.95. The molecule has 1 aliphatic carbocycles. The number of carbonyl (C=O) groups is 3. The van der Waals surface area contributed by atoms with Crippen LogP contribution in [-0.2, 0) is 30.4 Å². The van der Waals surface area contributed by atoms with Crippen molar-refractivity contribution in [3.63, 3.8) is 0 Å². The smallest absolute Gasteiger partial charge is 0.320 e. The van der Waals surface area contributed by atoms with Gasteiger partial charge in [-0.15, -0.1) is 0 Å². The number of fused-ring (bicyclic) bond motifs is 1. The van der Waals surface area contributed by atoms with Gasteiger partial charge in [-0.1, -0.05) is 27.7 Å². The maximum absolute atomic E-state index is 13.9. The summed E-state index contributed by atoms with van der Waals surface area (Å²) in [6, 6.07) is 3.59. The van der Waals surface area contributed by atoms with Crippen LogP contribution < -0.4 is 5.32 Å². The Morgan fingerprint density at radius 1 is 1.25 bits per heavy atom. The molecule has 2 aliphatic heterocycles. The van der Waals surface area contributed by atoms with Crippen molar-refractivity contribution in [1.29, 1.82) is 0 Å². The first-order valence-corrected chi connectivity index (χ1v) is 13.2. The molecule has 2 fully saturated rings. The molecule has 1 aromatic heterocycles. The molecule has 3 heterocycles. The molecule has 4 rings (SSSR count). The van der Waals surface area contributed by atoms with Crippen LogP contribution in [0.3, 0.4) is 0 Å². The third-order valence-electron chi connectivity index (χ3n) is 7.67. The van der Waals surface area contributed by atoms with E-state index in [1.807, 2.05) is 12.1 Å². The average Bonchev–Trinajstić information content (AvgIpc) is 3.55. The molecule has 0 spiro atoms. The molecule has 0 radical (unpaired) electrons. The largest absolute Gasteiger partial charge is 0.468 e. The van der Waals surface area contributed by atoms with Crippen molar-refractivity contribution in [2.45, 2.75) is 78.6 Å². The second-order valence-electron chi connectivity index (χ2n) is 11.3. The highest BCUT2D eigenvalue weighted by atomic mass is 16.5. The lowest BCUT2D eigenvalue weighted by Gasteiger charge is -2.52. The predicted molar refractivity (Wildman–Crippen MR) is 133 cm³/mol. The van der Waals surface area contributed by atoms with Crippen molar-refractivity contribution in [1.82, 2.24) is 10.2 Å². The monoisotopic (exact) mass is 500 g/mol. The number of methoxy groups -OCH3 is 1. The highest BCUT2D eigenvalue weighted by molar-refractivity contribution is 5.92. The van der Waals surface area contributed by atoms with E-state index in [-0.39, 0.29) is 49.1 Å². The summed E-state index contributed by atoms with van der Waals surface area (Å²) in [4.78, 5) is 42.1. The first kappa shape index (κ1) is 26.5. The van der Waals surface area contributed by atoms with E-state index in [4.69, 9.17) is 13.9 Å². The standard InChI is InChI=1S/C28H40N2O6/c1-17(2)10-11-29-24(31)13-20-15-28(27(33)34-5)23(30(26(20)32)16-21-7-6-12-35-21)14-22(18(3)4)36-25(28)19-8-9-19/h6-7,12,14,17-20,22,25H,8-11,13,15-16H2,1-5H3,(H,29,31)/t20-,22-,25-,28-/m0/s1. The minimum absolute atomic E-state index is 0.0165. The van der Waals surface area contributed by atoms with Crippen molar-refractivity contribution >= 4 is 17.8 Å². The van der Waals surface area contributed by atoms with Gasteiger partial charge in [-0.3, -0.25) is 14.4 Å². The number of rotatable bonds is 10. The molecule has 1 aromatic rings. The molecular weight excluding hydrogens is 460 g/mol. The fourth-order valence-corrected chi connectivity index (χ4v) is 5.57. The quantitative estimate of drug-likeness (QED) is 0.487. The van der Waals surface area contributed by atoms with Gasteiger partial charge in [0.15, 0.2) is 0 Å². The van der Waals surface area contributed by atoms with Crippen molar-refractivity contribution in [2.75, 3.05) is 13.7 Å². The number of nitrogens with zero attached hydrogens (tertiary/aromatic N) is 1. The predicted octanol–water partition coefficient (Wildman–Crippen LogP) is 4.06. The van der Waals surface area contributed by atoms with E-state index in [0.717, 1.165) is 19.3 Å². The Bertz CT molecular complexity index is 980. The van der Waals surface area contributed by atoms with Crippen LogP contribution in [0.4, 0.5) is 0 Å². The number of hydrogen-bond donors (Lipinski definition) is 1. The zero-order chi connectivity index (χ0) is 26.0. The van der Waals surface area contributed by atoms with Gasteiger partial charge >= 0.3 is 5.97 Å². The normalized spacial score (nSPS) is 28.2. The zero-order valence-electron chi connectivity index (χ0n) is 22.1. The zero-order valence-corrected chi connectivity index (χ0v) is 22.1. The third-order valence-corrected chi connectivity index (χ3v) is 7.67. The Kier molecular flexibility index (Phi) is 7.93. The van der Waals surface area contributed by atoms with Crippen molar-refractivity contribution in [3.8, 4) is 0 Å². The van der Waals surface area contributed by atoms with E-state index < -0.39 is 23.4 Å². The molecular formula is C28H40N2O6.